The van der Waals surface area contributed by atoms with Gasteiger partial charge >= 0.3 is 5.97 Å². The molecule has 1 heterocycles. The van der Waals surface area contributed by atoms with E-state index in [0.29, 0.717) is 6.54 Å². The van der Waals surface area contributed by atoms with Gasteiger partial charge in [-0.2, -0.15) is 11.3 Å². The van der Waals surface area contributed by atoms with Gasteiger partial charge in [0.1, 0.15) is 0 Å². The Morgan fingerprint density at radius 3 is 2.81 bits per heavy atom. The Morgan fingerprint density at radius 2 is 2.25 bits per heavy atom. The quantitative estimate of drug-likeness (QED) is 0.841. The van der Waals surface area contributed by atoms with Crippen molar-refractivity contribution in [3.8, 4) is 0 Å². The Kier molecular flexibility index (Phi) is 5.34. The number of carboxylic acids is 1. The summed E-state index contributed by atoms with van der Waals surface area (Å²) in [5.74, 6) is -0.749. The van der Waals surface area contributed by atoms with E-state index in [1.54, 1.807) is 23.3 Å². The molecule has 0 aliphatic heterocycles. The number of carbonyl (C=O) groups excluding carboxylic acids is 1. The first-order valence-corrected chi connectivity index (χ1v) is 6.74. The summed E-state index contributed by atoms with van der Waals surface area (Å²) in [4.78, 5) is 23.4. The van der Waals surface area contributed by atoms with E-state index in [1.807, 2.05) is 16.8 Å². The maximum atomic E-state index is 11.6. The number of aliphatic carboxylic acids is 1. The van der Waals surface area contributed by atoms with Gasteiger partial charge in [0.05, 0.1) is 11.5 Å². The second-order valence-electron chi connectivity index (χ2n) is 3.27. The highest BCUT2D eigenvalue weighted by Gasteiger charge is 2.10. The molecule has 1 N–H and O–H groups in total. The molecule has 0 atom stereocenters. The van der Waals surface area contributed by atoms with Crippen molar-refractivity contribution in [1.82, 2.24) is 4.90 Å². The monoisotopic (exact) mass is 259 g/mol. The van der Waals surface area contributed by atoms with Crippen molar-refractivity contribution in [1.29, 1.82) is 0 Å². The normalized spacial score (nSPS) is 10.1. The Labute approximate surface area is 102 Å². The maximum Gasteiger partial charge on any atom is 0.313 e. The molecule has 0 saturated heterocycles. The van der Waals surface area contributed by atoms with E-state index in [0.717, 1.165) is 17.3 Å². The van der Waals surface area contributed by atoms with Crippen LogP contribution in [0.1, 0.15) is 5.56 Å². The molecular weight excluding hydrogens is 246 g/mol. The van der Waals surface area contributed by atoms with Crippen LogP contribution in [0.3, 0.4) is 0 Å². The van der Waals surface area contributed by atoms with Gasteiger partial charge in [-0.25, -0.2) is 0 Å². The third-order valence-corrected chi connectivity index (χ3v) is 3.51. The molecule has 4 nitrogen and oxygen atoms in total. The minimum absolute atomic E-state index is 0.0297. The van der Waals surface area contributed by atoms with Gasteiger partial charge in [-0.15, -0.1) is 11.8 Å². The number of carbonyl (C=O) groups is 2. The molecule has 0 aliphatic carbocycles. The van der Waals surface area contributed by atoms with Gasteiger partial charge in [0.15, 0.2) is 0 Å². The number of carboxylic acid groups (broad SMARTS) is 1. The smallest absolute Gasteiger partial charge is 0.313 e. The van der Waals surface area contributed by atoms with Crippen molar-refractivity contribution in [2.45, 2.75) is 6.54 Å². The lowest BCUT2D eigenvalue weighted by atomic mass is 10.3. The first kappa shape index (κ1) is 13.1. The second kappa shape index (κ2) is 6.55. The summed E-state index contributed by atoms with van der Waals surface area (Å²) in [6.07, 6.45) is 0. The minimum atomic E-state index is -0.890. The zero-order chi connectivity index (χ0) is 12.0. The van der Waals surface area contributed by atoms with E-state index in [-0.39, 0.29) is 17.4 Å². The van der Waals surface area contributed by atoms with Crippen molar-refractivity contribution in [2.24, 2.45) is 0 Å². The molecule has 0 saturated carbocycles. The Balaban J connectivity index is 2.28. The van der Waals surface area contributed by atoms with Crippen molar-refractivity contribution in [3.05, 3.63) is 22.4 Å². The van der Waals surface area contributed by atoms with Crippen LogP contribution in [0.15, 0.2) is 16.8 Å². The van der Waals surface area contributed by atoms with Crippen LogP contribution in [0, 0.1) is 0 Å². The van der Waals surface area contributed by atoms with Gasteiger partial charge in [-0.3, -0.25) is 9.59 Å². The molecule has 1 aromatic heterocycles. The number of hydrogen-bond donors (Lipinski definition) is 1. The summed E-state index contributed by atoms with van der Waals surface area (Å²) in [5, 5.41) is 12.4. The van der Waals surface area contributed by atoms with E-state index in [4.69, 9.17) is 5.11 Å². The molecule has 16 heavy (non-hydrogen) atoms. The highest BCUT2D eigenvalue weighted by atomic mass is 32.2. The van der Waals surface area contributed by atoms with Crippen LogP contribution in [0.4, 0.5) is 0 Å². The van der Waals surface area contributed by atoms with Gasteiger partial charge in [-0.05, 0) is 22.4 Å². The Bertz CT molecular complexity index is 351. The first-order valence-electron chi connectivity index (χ1n) is 4.64. The molecule has 6 heteroatoms. The van der Waals surface area contributed by atoms with Crippen LogP contribution in [-0.4, -0.2) is 40.4 Å². The van der Waals surface area contributed by atoms with Crippen molar-refractivity contribution in [3.63, 3.8) is 0 Å². The van der Waals surface area contributed by atoms with Crippen molar-refractivity contribution < 1.29 is 14.7 Å². The summed E-state index contributed by atoms with van der Waals surface area (Å²) in [6, 6.07) is 1.97. The van der Waals surface area contributed by atoms with Crippen LogP contribution in [0.25, 0.3) is 0 Å². The third kappa shape index (κ3) is 4.67. The zero-order valence-corrected chi connectivity index (χ0v) is 10.5. The summed E-state index contributed by atoms with van der Waals surface area (Å²) in [6.45, 7) is 0.579. The molecule has 0 aromatic carbocycles. The summed E-state index contributed by atoms with van der Waals surface area (Å²) in [7, 11) is 1.72. The lowest BCUT2D eigenvalue weighted by Gasteiger charge is -2.15. The van der Waals surface area contributed by atoms with Crippen LogP contribution < -0.4 is 0 Å². The maximum absolute atomic E-state index is 11.6. The molecule has 0 spiro atoms. The van der Waals surface area contributed by atoms with Crippen LogP contribution in [0.5, 0.6) is 0 Å². The summed E-state index contributed by atoms with van der Waals surface area (Å²) >= 11 is 2.72. The highest BCUT2D eigenvalue weighted by molar-refractivity contribution is 8.00. The fourth-order valence-electron chi connectivity index (χ4n) is 1.08. The lowest BCUT2D eigenvalue weighted by Crippen LogP contribution is -2.27. The predicted molar refractivity (Wildman–Crippen MR) is 65.8 cm³/mol. The molecule has 1 rings (SSSR count). The average Bonchev–Trinajstić information content (AvgIpc) is 2.69. The van der Waals surface area contributed by atoms with Crippen molar-refractivity contribution in [2.75, 3.05) is 18.6 Å². The Morgan fingerprint density at radius 1 is 1.50 bits per heavy atom. The second-order valence-corrected chi connectivity index (χ2v) is 5.03. The fourth-order valence-corrected chi connectivity index (χ4v) is 2.41. The molecule has 0 bridgehead atoms. The molecule has 0 radical (unpaired) electrons. The summed E-state index contributed by atoms with van der Waals surface area (Å²) in [5.41, 5.74) is 1.10. The topological polar surface area (TPSA) is 57.6 Å². The number of hydrogen-bond acceptors (Lipinski definition) is 4. The molecule has 0 fully saturated rings. The molecule has 0 unspecified atom stereocenters. The van der Waals surface area contributed by atoms with E-state index in [9.17, 15) is 9.59 Å². The van der Waals surface area contributed by atoms with Gasteiger partial charge in [-0.1, -0.05) is 0 Å². The molecule has 1 amide bonds. The number of rotatable bonds is 6. The van der Waals surface area contributed by atoms with Crippen LogP contribution in [0.2, 0.25) is 0 Å². The fraction of sp³-hybridized carbons (Fsp3) is 0.400. The number of amides is 1. The van der Waals surface area contributed by atoms with Crippen molar-refractivity contribution >= 4 is 35.0 Å². The highest BCUT2D eigenvalue weighted by Crippen LogP contribution is 2.09. The van der Waals surface area contributed by atoms with Crippen LogP contribution >= 0.6 is 23.1 Å². The number of thioether (sulfide) groups is 1. The number of thiophene rings is 1. The van der Waals surface area contributed by atoms with E-state index in [1.165, 1.54) is 0 Å². The largest absolute Gasteiger partial charge is 0.481 e. The van der Waals surface area contributed by atoms with Gasteiger partial charge in [0, 0.05) is 13.6 Å². The van der Waals surface area contributed by atoms with E-state index in [2.05, 4.69) is 0 Å². The molecular formula is C10H13NO3S2. The van der Waals surface area contributed by atoms with E-state index >= 15 is 0 Å². The molecule has 88 valence electrons. The first-order chi connectivity index (χ1) is 7.59. The number of nitrogens with zero attached hydrogens (tertiary/aromatic N) is 1. The summed E-state index contributed by atoms with van der Waals surface area (Å²) < 4.78 is 0. The van der Waals surface area contributed by atoms with E-state index < -0.39 is 5.97 Å². The predicted octanol–water partition coefficient (Wildman–Crippen LogP) is 1.52. The van der Waals surface area contributed by atoms with Crippen LogP contribution in [-0.2, 0) is 16.1 Å². The third-order valence-electron chi connectivity index (χ3n) is 1.88. The van der Waals surface area contributed by atoms with Gasteiger partial charge in [0.25, 0.3) is 0 Å². The average molecular weight is 259 g/mol. The molecule has 1 aromatic rings. The van der Waals surface area contributed by atoms with Gasteiger partial charge in [0.2, 0.25) is 5.91 Å². The zero-order valence-electron chi connectivity index (χ0n) is 8.88. The van der Waals surface area contributed by atoms with Gasteiger partial charge < -0.3 is 10.0 Å². The molecule has 0 aliphatic rings. The SMILES string of the molecule is CN(Cc1ccsc1)C(=O)CSCC(=O)O. The Hall–Kier alpha value is -1.01. The minimum Gasteiger partial charge on any atom is -0.481 e. The standard InChI is InChI=1S/C10H13NO3S2/c1-11(4-8-2-3-15-5-8)9(12)6-16-7-10(13)14/h2-3,5H,4,6-7H2,1H3,(H,13,14). The lowest BCUT2D eigenvalue weighted by molar-refractivity contribution is -0.133.